The standard InChI is InChI=1S/C23H46O7/c1-15-18(3,4)20(7,8)27-29-22(11,12)25-17(24)26-23(13,14)30-28-21(9,10)19(5,6)16-2/h15-16H2,1-14H3. The van der Waals surface area contributed by atoms with Crippen molar-refractivity contribution in [2.45, 2.75) is 133 Å². The fourth-order valence-corrected chi connectivity index (χ4v) is 1.94. The number of carbonyl (C=O) groups excluding carboxylic acids is 1. The highest BCUT2D eigenvalue weighted by Gasteiger charge is 2.42. The van der Waals surface area contributed by atoms with Crippen LogP contribution in [0.2, 0.25) is 0 Å². The van der Waals surface area contributed by atoms with E-state index in [1.54, 1.807) is 27.7 Å². The van der Waals surface area contributed by atoms with Crippen LogP contribution in [0, 0.1) is 10.8 Å². The molecule has 0 aliphatic rings. The Morgan fingerprint density at radius 3 is 1.03 bits per heavy atom. The van der Waals surface area contributed by atoms with Crippen LogP contribution in [0.4, 0.5) is 4.79 Å². The summed E-state index contributed by atoms with van der Waals surface area (Å²) >= 11 is 0. The van der Waals surface area contributed by atoms with E-state index in [4.69, 9.17) is 29.0 Å². The zero-order valence-corrected chi connectivity index (χ0v) is 21.8. The molecule has 0 aliphatic carbocycles. The van der Waals surface area contributed by atoms with Crippen molar-refractivity contribution in [2.75, 3.05) is 0 Å². The molecule has 0 rings (SSSR count). The van der Waals surface area contributed by atoms with Crippen LogP contribution in [0.15, 0.2) is 0 Å². The fourth-order valence-electron chi connectivity index (χ4n) is 1.94. The third-order valence-electron chi connectivity index (χ3n) is 6.59. The molecular formula is C23H46O7. The minimum atomic E-state index is -1.36. The van der Waals surface area contributed by atoms with E-state index in [9.17, 15) is 4.79 Å². The average Bonchev–Trinajstić information content (AvgIpc) is 2.57. The normalized spacial score (nSPS) is 14.6. The van der Waals surface area contributed by atoms with Crippen LogP contribution < -0.4 is 0 Å². The Morgan fingerprint density at radius 2 is 0.800 bits per heavy atom. The van der Waals surface area contributed by atoms with Gasteiger partial charge >= 0.3 is 6.16 Å². The lowest BCUT2D eigenvalue weighted by Gasteiger charge is -2.41. The van der Waals surface area contributed by atoms with Gasteiger partial charge in [0, 0.05) is 27.7 Å². The van der Waals surface area contributed by atoms with E-state index in [0.29, 0.717) is 0 Å². The molecule has 180 valence electrons. The van der Waals surface area contributed by atoms with E-state index in [1.165, 1.54) is 0 Å². The lowest BCUT2D eigenvalue weighted by atomic mass is 9.75. The molecule has 7 nitrogen and oxygen atoms in total. The fraction of sp³-hybridized carbons (Fsp3) is 0.957. The van der Waals surface area contributed by atoms with Crippen molar-refractivity contribution in [2.24, 2.45) is 10.8 Å². The van der Waals surface area contributed by atoms with Gasteiger partial charge in [0.2, 0.25) is 11.6 Å². The van der Waals surface area contributed by atoms with E-state index < -0.39 is 28.9 Å². The van der Waals surface area contributed by atoms with E-state index in [2.05, 4.69) is 41.5 Å². The van der Waals surface area contributed by atoms with E-state index in [0.717, 1.165) is 12.8 Å². The number of rotatable bonds is 12. The summed E-state index contributed by atoms with van der Waals surface area (Å²) < 4.78 is 10.6. The van der Waals surface area contributed by atoms with Crippen molar-refractivity contribution in [3.8, 4) is 0 Å². The van der Waals surface area contributed by atoms with Crippen LogP contribution in [0.1, 0.15) is 110 Å². The van der Waals surface area contributed by atoms with Crippen LogP contribution in [0.3, 0.4) is 0 Å². The maximum atomic E-state index is 12.3. The molecule has 0 fully saturated rings. The molecule has 0 radical (unpaired) electrons. The second-order valence-corrected chi connectivity index (χ2v) is 11.1. The molecular weight excluding hydrogens is 388 g/mol. The van der Waals surface area contributed by atoms with E-state index >= 15 is 0 Å². The van der Waals surface area contributed by atoms with Crippen molar-refractivity contribution < 1.29 is 33.8 Å². The predicted molar refractivity (Wildman–Crippen MR) is 116 cm³/mol. The van der Waals surface area contributed by atoms with Crippen molar-refractivity contribution in [3.05, 3.63) is 0 Å². The van der Waals surface area contributed by atoms with Crippen molar-refractivity contribution in [1.29, 1.82) is 0 Å². The molecule has 0 saturated carbocycles. The molecule has 0 aliphatic heterocycles. The third-order valence-corrected chi connectivity index (χ3v) is 6.59. The lowest BCUT2D eigenvalue weighted by molar-refractivity contribution is -0.469. The molecule has 0 N–H and O–H groups in total. The first-order valence-electron chi connectivity index (χ1n) is 10.8. The summed E-state index contributed by atoms with van der Waals surface area (Å²) in [5.74, 6) is -2.73. The van der Waals surface area contributed by atoms with Gasteiger partial charge in [0.1, 0.15) is 11.2 Å². The van der Waals surface area contributed by atoms with E-state index in [-0.39, 0.29) is 10.8 Å². The Bertz CT molecular complexity index is 512. The summed E-state index contributed by atoms with van der Waals surface area (Å²) in [6.07, 6.45) is 0.824. The summed E-state index contributed by atoms with van der Waals surface area (Å²) in [7, 11) is 0. The highest BCUT2D eigenvalue weighted by atomic mass is 17.3. The van der Waals surface area contributed by atoms with Gasteiger partial charge in [-0.1, -0.05) is 41.5 Å². The van der Waals surface area contributed by atoms with Gasteiger partial charge in [0.05, 0.1) is 0 Å². The summed E-state index contributed by atoms with van der Waals surface area (Å²) in [4.78, 5) is 34.5. The largest absolute Gasteiger partial charge is 0.513 e. The maximum absolute atomic E-state index is 12.3. The minimum absolute atomic E-state index is 0.143. The molecule has 0 heterocycles. The third kappa shape index (κ3) is 8.33. The Hall–Kier alpha value is -0.890. The molecule has 30 heavy (non-hydrogen) atoms. The maximum Gasteiger partial charge on any atom is 0.513 e. The Labute approximate surface area is 183 Å². The molecule has 0 aromatic heterocycles. The average molecular weight is 435 g/mol. The van der Waals surface area contributed by atoms with Gasteiger partial charge in [-0.25, -0.2) is 14.6 Å². The van der Waals surface area contributed by atoms with Gasteiger partial charge in [-0.2, -0.15) is 9.78 Å². The predicted octanol–water partition coefficient (Wildman–Crippen LogP) is 6.94. The Balaban J connectivity index is 4.86. The summed E-state index contributed by atoms with van der Waals surface area (Å²) in [6, 6.07) is 0. The number of hydrogen-bond donors (Lipinski definition) is 0. The molecule has 7 heteroatoms. The summed E-state index contributed by atoms with van der Waals surface area (Å²) in [5.41, 5.74) is -1.48. The summed E-state index contributed by atoms with van der Waals surface area (Å²) in [5, 5.41) is 0. The van der Waals surface area contributed by atoms with Crippen LogP contribution in [0.25, 0.3) is 0 Å². The second-order valence-electron chi connectivity index (χ2n) is 11.1. The second kappa shape index (κ2) is 9.72. The molecule has 0 spiro atoms. The zero-order chi connectivity index (χ0) is 24.2. The first kappa shape index (κ1) is 29.1. The topological polar surface area (TPSA) is 72.5 Å². The minimum Gasteiger partial charge on any atom is -0.399 e. The van der Waals surface area contributed by atoms with Crippen LogP contribution in [-0.4, -0.2) is 28.9 Å². The molecule has 0 unspecified atom stereocenters. The molecule has 0 saturated heterocycles. The SMILES string of the molecule is CCC(C)(C)C(C)(C)OOC(C)(C)OC(=O)OC(C)(C)OOC(C)(C)C(C)(C)CC. The van der Waals surface area contributed by atoms with Crippen molar-refractivity contribution in [3.63, 3.8) is 0 Å². The Morgan fingerprint density at radius 1 is 0.533 bits per heavy atom. The molecule has 0 aromatic rings. The van der Waals surface area contributed by atoms with Crippen molar-refractivity contribution >= 4 is 6.16 Å². The van der Waals surface area contributed by atoms with Gasteiger partial charge in [-0.05, 0) is 51.4 Å². The summed E-state index contributed by atoms with van der Waals surface area (Å²) in [6.45, 7) is 26.5. The number of carbonyl (C=O) groups is 1. The van der Waals surface area contributed by atoms with E-state index in [1.807, 2.05) is 27.7 Å². The smallest absolute Gasteiger partial charge is 0.399 e. The molecule has 0 bridgehead atoms. The van der Waals surface area contributed by atoms with Crippen LogP contribution >= 0.6 is 0 Å². The van der Waals surface area contributed by atoms with Gasteiger partial charge < -0.3 is 9.47 Å². The lowest BCUT2D eigenvalue weighted by Crippen LogP contribution is -2.46. The molecule has 0 aromatic carbocycles. The zero-order valence-electron chi connectivity index (χ0n) is 21.8. The van der Waals surface area contributed by atoms with Gasteiger partial charge in [0.25, 0.3) is 0 Å². The van der Waals surface area contributed by atoms with Crippen LogP contribution in [0.5, 0.6) is 0 Å². The van der Waals surface area contributed by atoms with Gasteiger partial charge in [-0.3, -0.25) is 0 Å². The monoisotopic (exact) mass is 434 g/mol. The highest BCUT2D eigenvalue weighted by molar-refractivity contribution is 5.60. The Kier molecular flexibility index (Phi) is 9.43. The van der Waals surface area contributed by atoms with Gasteiger partial charge in [0.15, 0.2) is 0 Å². The van der Waals surface area contributed by atoms with Gasteiger partial charge in [-0.15, -0.1) is 0 Å². The molecule has 0 atom stereocenters. The number of ether oxygens (including phenoxy) is 2. The number of hydrogen-bond acceptors (Lipinski definition) is 7. The van der Waals surface area contributed by atoms with Crippen molar-refractivity contribution in [1.82, 2.24) is 0 Å². The first-order chi connectivity index (χ1) is 13.1. The van der Waals surface area contributed by atoms with Crippen LogP contribution in [-0.2, 0) is 29.0 Å². The highest BCUT2D eigenvalue weighted by Crippen LogP contribution is 2.39. The first-order valence-corrected chi connectivity index (χ1v) is 10.8. The quantitative estimate of drug-likeness (QED) is 0.143. The molecule has 0 amide bonds.